The van der Waals surface area contributed by atoms with E-state index in [4.69, 9.17) is 28.7 Å². The van der Waals surface area contributed by atoms with Crippen LogP contribution in [0.2, 0.25) is 0 Å². The minimum Gasteiger partial charge on any atom is -0.480 e. The summed E-state index contributed by atoms with van der Waals surface area (Å²) in [4.78, 5) is 61.3. The van der Waals surface area contributed by atoms with Crippen molar-refractivity contribution in [1.29, 1.82) is 0 Å². The SMILES string of the molecule is CCOC(=O)COc1ccc2nc1CN(CC(=O)OC(C)(C)C)CCN(CC(=O)OC(C)(C)C)CCN(CC(=O)OC(C)(C)C)C2. The van der Waals surface area contributed by atoms with Crippen LogP contribution in [0.5, 0.6) is 5.75 Å². The average Bonchev–Trinajstić information content (AvgIpc) is 2.85. The van der Waals surface area contributed by atoms with E-state index >= 15 is 0 Å². The topological polar surface area (TPSA) is 137 Å². The molecule has 13 heteroatoms. The quantitative estimate of drug-likeness (QED) is 0.271. The van der Waals surface area contributed by atoms with E-state index in [2.05, 4.69) is 0 Å². The molecule has 46 heavy (non-hydrogen) atoms. The lowest BCUT2D eigenvalue weighted by Gasteiger charge is -2.32. The van der Waals surface area contributed by atoms with Crippen molar-refractivity contribution in [2.24, 2.45) is 0 Å². The third kappa shape index (κ3) is 16.3. The van der Waals surface area contributed by atoms with Gasteiger partial charge in [0.2, 0.25) is 0 Å². The van der Waals surface area contributed by atoms with Crippen LogP contribution in [0.4, 0.5) is 0 Å². The summed E-state index contributed by atoms with van der Waals surface area (Å²) in [6.07, 6.45) is 0. The molecule has 0 aromatic carbocycles. The summed E-state index contributed by atoms with van der Waals surface area (Å²) in [6.45, 7) is 20.1. The van der Waals surface area contributed by atoms with Gasteiger partial charge in [-0.3, -0.25) is 34.1 Å². The van der Waals surface area contributed by atoms with E-state index in [1.807, 2.05) is 56.2 Å². The van der Waals surface area contributed by atoms with Crippen LogP contribution in [0.25, 0.3) is 0 Å². The highest BCUT2D eigenvalue weighted by Gasteiger charge is 2.26. The van der Waals surface area contributed by atoms with Crippen molar-refractivity contribution >= 4 is 23.9 Å². The Bertz CT molecular complexity index is 1190. The Morgan fingerprint density at radius 3 is 1.54 bits per heavy atom. The molecule has 2 bridgehead atoms. The maximum absolute atomic E-state index is 12.9. The molecule has 1 aromatic heterocycles. The third-order valence-electron chi connectivity index (χ3n) is 6.18. The summed E-state index contributed by atoms with van der Waals surface area (Å²) in [7, 11) is 0. The number of rotatable bonds is 10. The first-order valence-corrected chi connectivity index (χ1v) is 15.8. The molecule has 0 aliphatic carbocycles. The minimum atomic E-state index is -0.671. The van der Waals surface area contributed by atoms with E-state index in [0.717, 1.165) is 0 Å². The number of fused-ring (bicyclic) bond motifs is 2. The Morgan fingerprint density at radius 2 is 1.09 bits per heavy atom. The van der Waals surface area contributed by atoms with E-state index in [-0.39, 0.29) is 51.3 Å². The Labute approximate surface area is 273 Å². The third-order valence-corrected chi connectivity index (χ3v) is 6.18. The molecule has 0 amide bonds. The number of pyridine rings is 1. The van der Waals surface area contributed by atoms with Gasteiger partial charge in [0.1, 0.15) is 22.6 Å². The number of esters is 4. The van der Waals surface area contributed by atoms with Crippen LogP contribution in [0.3, 0.4) is 0 Å². The lowest BCUT2D eigenvalue weighted by atomic mass is 10.2. The number of nitrogens with zero attached hydrogens (tertiary/aromatic N) is 4. The fourth-order valence-corrected chi connectivity index (χ4v) is 4.58. The maximum Gasteiger partial charge on any atom is 0.344 e. The molecule has 0 saturated heterocycles. The van der Waals surface area contributed by atoms with Crippen LogP contribution in [0, 0.1) is 0 Å². The van der Waals surface area contributed by atoms with Gasteiger partial charge in [-0.05, 0) is 81.4 Å². The molecular formula is C33H54N4O9. The molecule has 0 unspecified atom stereocenters. The summed E-state index contributed by atoms with van der Waals surface area (Å²) < 4.78 is 27.6. The largest absolute Gasteiger partial charge is 0.480 e. The van der Waals surface area contributed by atoms with Crippen LogP contribution in [-0.2, 0) is 51.2 Å². The molecule has 260 valence electrons. The average molecular weight is 651 g/mol. The molecule has 2 heterocycles. The van der Waals surface area contributed by atoms with Crippen molar-refractivity contribution in [1.82, 2.24) is 19.7 Å². The van der Waals surface area contributed by atoms with Crippen molar-refractivity contribution in [2.45, 2.75) is 99.1 Å². The minimum absolute atomic E-state index is 0.0143. The highest BCUT2D eigenvalue weighted by Crippen LogP contribution is 2.22. The standard InChI is InChI=1S/C33H54N4O9/c1-11-42-30(41)23-43-26-13-12-24-18-36(21-28(39)45-32(5,6)7)16-14-35(20-27(38)44-31(2,3)4)15-17-37(19-25(26)34-24)22-29(40)46-33(8,9)10/h12-13H,11,14-23H2,1-10H3. The number of hydrogen-bond donors (Lipinski definition) is 0. The van der Waals surface area contributed by atoms with Gasteiger partial charge in [0, 0.05) is 39.3 Å². The molecule has 13 nitrogen and oxygen atoms in total. The molecule has 0 atom stereocenters. The van der Waals surface area contributed by atoms with Crippen molar-refractivity contribution in [3.8, 4) is 5.75 Å². The molecular weight excluding hydrogens is 596 g/mol. The summed E-state index contributed by atoms with van der Waals surface area (Å²) in [5.41, 5.74) is -0.812. The van der Waals surface area contributed by atoms with Gasteiger partial charge < -0.3 is 23.7 Å². The predicted molar refractivity (Wildman–Crippen MR) is 171 cm³/mol. The van der Waals surface area contributed by atoms with Crippen LogP contribution in [-0.4, -0.2) is 119 Å². The van der Waals surface area contributed by atoms with Gasteiger partial charge in [-0.15, -0.1) is 0 Å². The number of hydrogen-bond acceptors (Lipinski definition) is 13. The second-order valence-corrected chi connectivity index (χ2v) is 14.3. The molecule has 2 rings (SSSR count). The van der Waals surface area contributed by atoms with Gasteiger partial charge in [-0.25, -0.2) is 4.79 Å². The zero-order valence-corrected chi connectivity index (χ0v) is 29.4. The number of ether oxygens (including phenoxy) is 5. The van der Waals surface area contributed by atoms with Crippen molar-refractivity contribution in [2.75, 3.05) is 59.0 Å². The molecule has 0 fully saturated rings. The lowest BCUT2D eigenvalue weighted by Crippen LogP contribution is -2.45. The molecule has 1 aliphatic heterocycles. The van der Waals surface area contributed by atoms with E-state index in [0.29, 0.717) is 49.9 Å². The number of carbonyl (C=O) groups is 4. The van der Waals surface area contributed by atoms with Gasteiger partial charge in [0.05, 0.1) is 37.6 Å². The Hall–Kier alpha value is -3.29. The van der Waals surface area contributed by atoms with Gasteiger partial charge in [-0.1, -0.05) is 0 Å². The summed E-state index contributed by atoms with van der Waals surface area (Å²) in [5, 5.41) is 0. The van der Waals surface area contributed by atoms with Gasteiger partial charge >= 0.3 is 23.9 Å². The Kier molecular flexibility index (Phi) is 14.4. The predicted octanol–water partition coefficient (Wildman–Crippen LogP) is 2.97. The number of aromatic nitrogens is 1. The smallest absolute Gasteiger partial charge is 0.344 e. The fraction of sp³-hybridized carbons (Fsp3) is 0.727. The summed E-state index contributed by atoms with van der Waals surface area (Å²) in [5.74, 6) is -1.31. The molecule has 1 aromatic rings. The molecule has 0 saturated carbocycles. The van der Waals surface area contributed by atoms with Crippen molar-refractivity contribution in [3.63, 3.8) is 0 Å². The summed E-state index contributed by atoms with van der Waals surface area (Å²) >= 11 is 0. The zero-order chi connectivity index (χ0) is 34.7. The highest BCUT2D eigenvalue weighted by molar-refractivity contribution is 5.73. The molecule has 0 spiro atoms. The van der Waals surface area contributed by atoms with E-state index in [1.165, 1.54) is 0 Å². The van der Waals surface area contributed by atoms with Gasteiger partial charge in [-0.2, -0.15) is 0 Å². The van der Waals surface area contributed by atoms with Gasteiger partial charge in [0.25, 0.3) is 0 Å². The van der Waals surface area contributed by atoms with E-state index in [9.17, 15) is 19.2 Å². The molecule has 1 aliphatic rings. The maximum atomic E-state index is 12.9. The molecule has 0 radical (unpaired) electrons. The van der Waals surface area contributed by atoms with Crippen molar-refractivity contribution in [3.05, 3.63) is 23.5 Å². The van der Waals surface area contributed by atoms with Crippen LogP contribution in [0.1, 0.15) is 80.6 Å². The summed E-state index contributed by atoms with van der Waals surface area (Å²) in [6, 6.07) is 3.50. The first-order chi connectivity index (χ1) is 21.2. The second kappa shape index (κ2) is 17.0. The Balaban J connectivity index is 2.47. The van der Waals surface area contributed by atoms with Crippen LogP contribution in [0.15, 0.2) is 12.1 Å². The zero-order valence-electron chi connectivity index (χ0n) is 29.4. The first-order valence-electron chi connectivity index (χ1n) is 15.8. The van der Waals surface area contributed by atoms with Crippen molar-refractivity contribution < 1.29 is 42.9 Å². The van der Waals surface area contributed by atoms with E-state index in [1.54, 1.807) is 39.8 Å². The lowest BCUT2D eigenvalue weighted by molar-refractivity contribution is -0.158. The fourth-order valence-electron chi connectivity index (χ4n) is 4.58. The van der Waals surface area contributed by atoms with Gasteiger partial charge in [0.15, 0.2) is 6.61 Å². The second-order valence-electron chi connectivity index (χ2n) is 14.3. The highest BCUT2D eigenvalue weighted by atomic mass is 16.6. The monoisotopic (exact) mass is 650 g/mol. The van der Waals surface area contributed by atoms with E-state index < -0.39 is 28.7 Å². The first kappa shape index (κ1) is 38.9. The van der Waals surface area contributed by atoms with Crippen LogP contribution >= 0.6 is 0 Å². The normalized spacial score (nSPS) is 16.0. The Morgan fingerprint density at radius 1 is 0.652 bits per heavy atom. The molecule has 0 N–H and O–H groups in total. The number of carbonyl (C=O) groups excluding carboxylic acids is 4. The van der Waals surface area contributed by atoms with Crippen LogP contribution < -0.4 is 4.74 Å².